The van der Waals surface area contributed by atoms with Gasteiger partial charge < -0.3 is 10.1 Å². The van der Waals surface area contributed by atoms with Crippen LogP contribution in [0.1, 0.15) is 40.6 Å². The van der Waals surface area contributed by atoms with Crippen LogP contribution in [0, 0.1) is 13.8 Å². The lowest BCUT2D eigenvalue weighted by Gasteiger charge is -2.32. The molecule has 0 aliphatic rings. The minimum absolute atomic E-state index is 0.0825. The van der Waals surface area contributed by atoms with Gasteiger partial charge in [0.15, 0.2) is 0 Å². The Morgan fingerprint density at radius 3 is 2.30 bits per heavy atom. The zero-order valence-corrected chi connectivity index (χ0v) is 18.8. The summed E-state index contributed by atoms with van der Waals surface area (Å²) in [4.78, 5) is 3.94. The van der Waals surface area contributed by atoms with Crippen LogP contribution < -0.4 is 5.14 Å². The molecule has 2 aromatic carbocycles. The summed E-state index contributed by atoms with van der Waals surface area (Å²) in [6.07, 6.45) is -1.17. The number of nitrogens with one attached hydrogen (secondary N) is 1. The van der Waals surface area contributed by atoms with Gasteiger partial charge in [0.2, 0.25) is 10.0 Å². The lowest BCUT2D eigenvalue weighted by atomic mass is 9.91. The second kappa shape index (κ2) is 8.43. The average Bonchev–Trinajstić information content (AvgIpc) is 3.07. The third-order valence-electron chi connectivity index (χ3n) is 5.60. The third-order valence-corrected chi connectivity index (χ3v) is 7.73. The van der Waals surface area contributed by atoms with Gasteiger partial charge >= 0.3 is 0 Å². The van der Waals surface area contributed by atoms with Crippen LogP contribution in [0.4, 0.5) is 0 Å². The molecular formula is C23H26N2O3S2. The van der Waals surface area contributed by atoms with Gasteiger partial charge in [-0.1, -0.05) is 72.4 Å². The molecule has 0 amide bonds. The number of hydrogen-bond donors (Lipinski definition) is 3. The van der Waals surface area contributed by atoms with Crippen LogP contribution in [0.5, 0.6) is 0 Å². The van der Waals surface area contributed by atoms with Crippen LogP contribution in [0.3, 0.4) is 0 Å². The van der Waals surface area contributed by atoms with Crippen molar-refractivity contribution < 1.29 is 13.5 Å². The molecule has 0 spiro atoms. The molecule has 5 nitrogen and oxygen atoms in total. The van der Waals surface area contributed by atoms with Gasteiger partial charge in [0.25, 0.3) is 0 Å². The molecule has 0 bridgehead atoms. The van der Waals surface area contributed by atoms with Gasteiger partial charge in [0.05, 0.1) is 16.7 Å². The molecule has 1 aromatic heterocycles. The Balaban J connectivity index is 1.91. The zero-order valence-electron chi connectivity index (χ0n) is 17.2. The molecule has 1 heterocycles. The number of aromatic nitrogens is 1. The van der Waals surface area contributed by atoms with E-state index in [1.807, 2.05) is 44.2 Å². The van der Waals surface area contributed by atoms with Crippen molar-refractivity contribution in [3.63, 3.8) is 0 Å². The van der Waals surface area contributed by atoms with Gasteiger partial charge in [-0.2, -0.15) is 0 Å². The largest absolute Gasteiger partial charge is 0.391 e. The van der Waals surface area contributed by atoms with E-state index in [1.165, 1.54) is 6.92 Å². The number of H-pyrrole nitrogens is 1. The number of benzene rings is 2. The zero-order chi connectivity index (χ0) is 22.1. The number of aromatic amines is 1. The number of aryl methyl sites for hydroxylation is 2. The maximum atomic E-state index is 12.5. The highest BCUT2D eigenvalue weighted by molar-refractivity contribution is 7.90. The van der Waals surface area contributed by atoms with Crippen molar-refractivity contribution in [2.24, 2.45) is 5.14 Å². The normalized spacial score (nSPS) is 14.8. The predicted molar refractivity (Wildman–Crippen MR) is 124 cm³/mol. The monoisotopic (exact) mass is 442 g/mol. The summed E-state index contributed by atoms with van der Waals surface area (Å²) in [5.41, 5.74) is 4.92. The van der Waals surface area contributed by atoms with Crippen LogP contribution in [0.25, 0.3) is 0 Å². The number of thiocarbonyl (C=S) groups is 1. The van der Waals surface area contributed by atoms with Gasteiger partial charge in [-0.05, 0) is 43.5 Å². The maximum absolute atomic E-state index is 12.5. The second-order valence-corrected chi connectivity index (χ2v) is 10.1. The number of nitrogens with two attached hydrogens (primary N) is 1. The van der Waals surface area contributed by atoms with Crippen molar-refractivity contribution >= 4 is 27.1 Å². The molecule has 2 atom stereocenters. The molecule has 158 valence electrons. The van der Waals surface area contributed by atoms with Crippen molar-refractivity contribution in [1.29, 1.82) is 0 Å². The third kappa shape index (κ3) is 4.25. The summed E-state index contributed by atoms with van der Waals surface area (Å²) in [5.74, 6) is 0. The molecule has 3 aromatic rings. The molecule has 30 heavy (non-hydrogen) atoms. The molecule has 0 aliphatic heterocycles. The highest BCUT2D eigenvalue weighted by Crippen LogP contribution is 2.34. The molecule has 7 heteroatoms. The Hall–Kier alpha value is -2.32. The molecule has 0 saturated heterocycles. The van der Waals surface area contributed by atoms with Crippen LogP contribution >= 0.6 is 12.2 Å². The molecule has 0 saturated carbocycles. The van der Waals surface area contributed by atoms with E-state index in [1.54, 1.807) is 30.3 Å². The van der Waals surface area contributed by atoms with Crippen LogP contribution in [0.15, 0.2) is 60.7 Å². The van der Waals surface area contributed by atoms with Crippen molar-refractivity contribution in [3.8, 4) is 0 Å². The Morgan fingerprint density at radius 1 is 1.13 bits per heavy atom. The first-order valence-electron chi connectivity index (χ1n) is 9.60. The van der Waals surface area contributed by atoms with Crippen molar-refractivity contribution in [2.45, 2.75) is 38.0 Å². The average molecular weight is 443 g/mol. The molecule has 4 N–H and O–H groups in total. The SMILES string of the molecule is Cc1ccc(C(=S)c2[nH]c(CC(O)C(C)(c3ccccc3)S(N)(=O)=O)cc2C)cc1. The molecule has 0 radical (unpaired) electrons. The fourth-order valence-corrected chi connectivity index (χ4v) is 4.82. The highest BCUT2D eigenvalue weighted by atomic mass is 32.2. The predicted octanol–water partition coefficient (Wildman–Crippen LogP) is 3.51. The van der Waals surface area contributed by atoms with E-state index in [-0.39, 0.29) is 6.42 Å². The molecule has 0 fully saturated rings. The minimum Gasteiger partial charge on any atom is -0.391 e. The summed E-state index contributed by atoms with van der Waals surface area (Å²) in [6.45, 7) is 5.40. The summed E-state index contributed by atoms with van der Waals surface area (Å²) >= 11 is 5.64. The van der Waals surface area contributed by atoms with Gasteiger partial charge in [-0.15, -0.1) is 0 Å². The fraction of sp³-hybridized carbons (Fsp3) is 0.261. The number of aliphatic hydroxyl groups is 1. The van der Waals surface area contributed by atoms with Gasteiger partial charge in [-0.3, -0.25) is 0 Å². The van der Waals surface area contributed by atoms with E-state index in [0.717, 1.165) is 22.4 Å². The summed E-state index contributed by atoms with van der Waals surface area (Å²) in [7, 11) is -4.09. The second-order valence-electron chi connectivity index (χ2n) is 7.79. The minimum atomic E-state index is -4.09. The lowest BCUT2D eigenvalue weighted by molar-refractivity contribution is 0.129. The standard InChI is InChI=1S/C23H26N2O3S2/c1-15-9-11-17(12-10-15)22(29)21-16(2)13-19(25-21)14-20(26)23(3,30(24,27)28)18-7-5-4-6-8-18/h4-13,20,25-26H,14H2,1-3H3,(H2,24,27,28). The number of sulfonamides is 1. The number of aliphatic hydroxyl groups excluding tert-OH is 1. The molecule has 0 aliphatic carbocycles. The number of hydrogen-bond acceptors (Lipinski definition) is 4. The maximum Gasteiger partial charge on any atom is 0.221 e. The first-order chi connectivity index (χ1) is 14.0. The Labute approximate surface area is 183 Å². The first kappa shape index (κ1) is 22.4. The first-order valence-corrected chi connectivity index (χ1v) is 11.5. The Bertz CT molecular complexity index is 1150. The van der Waals surface area contributed by atoms with Gasteiger partial charge in [0.1, 0.15) is 4.75 Å². The van der Waals surface area contributed by atoms with Gasteiger partial charge in [0, 0.05) is 12.1 Å². The Morgan fingerprint density at radius 2 is 1.73 bits per heavy atom. The molecular weight excluding hydrogens is 416 g/mol. The van der Waals surface area contributed by atoms with E-state index in [2.05, 4.69) is 4.98 Å². The van der Waals surface area contributed by atoms with Crippen LogP contribution in [-0.4, -0.2) is 29.5 Å². The topological polar surface area (TPSA) is 96.2 Å². The Kier molecular flexibility index (Phi) is 6.29. The highest BCUT2D eigenvalue weighted by Gasteiger charge is 2.45. The van der Waals surface area contributed by atoms with E-state index < -0.39 is 20.9 Å². The van der Waals surface area contributed by atoms with Gasteiger partial charge in [-0.25, -0.2) is 13.6 Å². The van der Waals surface area contributed by atoms with Crippen molar-refractivity contribution in [2.75, 3.05) is 0 Å². The van der Waals surface area contributed by atoms with Crippen molar-refractivity contribution in [1.82, 2.24) is 4.98 Å². The summed E-state index contributed by atoms with van der Waals surface area (Å²) in [6, 6.07) is 18.4. The van der Waals surface area contributed by atoms with Crippen LogP contribution in [-0.2, 0) is 21.2 Å². The fourth-order valence-electron chi connectivity index (χ4n) is 3.54. The van der Waals surface area contributed by atoms with Crippen molar-refractivity contribution in [3.05, 3.63) is 94.3 Å². The van der Waals surface area contributed by atoms with E-state index in [9.17, 15) is 13.5 Å². The smallest absolute Gasteiger partial charge is 0.221 e. The summed E-state index contributed by atoms with van der Waals surface area (Å²) in [5, 5.41) is 16.5. The van der Waals surface area contributed by atoms with E-state index >= 15 is 0 Å². The number of primary sulfonamides is 1. The summed E-state index contributed by atoms with van der Waals surface area (Å²) < 4.78 is 23.3. The molecule has 3 rings (SSSR count). The van der Waals surface area contributed by atoms with Crippen LogP contribution in [0.2, 0.25) is 0 Å². The lowest BCUT2D eigenvalue weighted by Crippen LogP contribution is -2.48. The van der Waals surface area contributed by atoms with E-state index in [0.29, 0.717) is 16.1 Å². The van der Waals surface area contributed by atoms with E-state index in [4.69, 9.17) is 17.4 Å². The molecule has 2 unspecified atom stereocenters. The quantitative estimate of drug-likeness (QED) is 0.385. The number of rotatable bonds is 7.